The number of anilines is 1. The van der Waals surface area contributed by atoms with Gasteiger partial charge in [0.1, 0.15) is 0 Å². The zero-order valence-corrected chi connectivity index (χ0v) is 14.1. The van der Waals surface area contributed by atoms with Crippen LogP contribution in [0.15, 0.2) is 29.2 Å². The van der Waals surface area contributed by atoms with Gasteiger partial charge in [0.25, 0.3) is 0 Å². The van der Waals surface area contributed by atoms with Gasteiger partial charge in [0.2, 0.25) is 11.8 Å². The van der Waals surface area contributed by atoms with Gasteiger partial charge in [-0.05, 0) is 19.2 Å². The number of piperazine rings is 1. The highest BCUT2D eigenvalue weighted by Crippen LogP contribution is 2.34. The lowest BCUT2D eigenvalue weighted by Gasteiger charge is -2.33. The van der Waals surface area contributed by atoms with Gasteiger partial charge in [0.05, 0.1) is 11.4 Å². The average molecular weight is 334 g/mol. The Morgan fingerprint density at radius 2 is 1.96 bits per heavy atom. The third kappa shape index (κ3) is 4.04. The largest absolute Gasteiger partial charge is 0.310 e. The van der Waals surface area contributed by atoms with E-state index in [0.717, 1.165) is 36.8 Å². The number of hydrazine groups is 1. The van der Waals surface area contributed by atoms with Gasteiger partial charge in [0.15, 0.2) is 0 Å². The lowest BCUT2D eigenvalue weighted by Crippen LogP contribution is -2.53. The van der Waals surface area contributed by atoms with Gasteiger partial charge in [-0.2, -0.15) is 0 Å². The van der Waals surface area contributed by atoms with Gasteiger partial charge in [-0.3, -0.25) is 15.0 Å². The quantitative estimate of drug-likeness (QED) is 0.882. The van der Waals surface area contributed by atoms with Gasteiger partial charge in [-0.1, -0.05) is 12.1 Å². The Labute approximate surface area is 140 Å². The molecular weight excluding hydrogens is 312 g/mol. The summed E-state index contributed by atoms with van der Waals surface area (Å²) in [6.07, 6.45) is 0.317. The maximum absolute atomic E-state index is 12.2. The summed E-state index contributed by atoms with van der Waals surface area (Å²) in [7, 11) is 2.08. The Morgan fingerprint density at radius 1 is 1.22 bits per heavy atom. The van der Waals surface area contributed by atoms with Crippen LogP contribution >= 0.6 is 11.8 Å². The molecule has 0 unspecified atom stereocenters. The number of carbonyl (C=O) groups is 2. The number of likely N-dealkylation sites (N-methyl/N-ethyl adjacent to an activating group) is 1. The van der Waals surface area contributed by atoms with E-state index in [2.05, 4.69) is 17.4 Å². The van der Waals surface area contributed by atoms with Gasteiger partial charge in [0, 0.05) is 44.0 Å². The van der Waals surface area contributed by atoms with Crippen LogP contribution in [-0.2, 0) is 9.59 Å². The number of para-hydroxylation sites is 1. The number of thioether (sulfide) groups is 1. The van der Waals surface area contributed by atoms with Crippen LogP contribution in [0.2, 0.25) is 0 Å². The Balaban J connectivity index is 1.53. The average Bonchev–Trinajstić information content (AvgIpc) is 2.56. The van der Waals surface area contributed by atoms with Crippen molar-refractivity contribution in [2.75, 3.05) is 50.4 Å². The number of rotatable bonds is 4. The summed E-state index contributed by atoms with van der Waals surface area (Å²) < 4.78 is 0. The van der Waals surface area contributed by atoms with Crippen molar-refractivity contribution in [3.05, 3.63) is 24.3 Å². The normalized spacial score (nSPS) is 19.5. The molecule has 0 radical (unpaired) electrons. The predicted molar refractivity (Wildman–Crippen MR) is 91.3 cm³/mol. The molecule has 1 N–H and O–H groups in total. The minimum Gasteiger partial charge on any atom is -0.310 e. The minimum atomic E-state index is -0.0296. The molecule has 1 fully saturated rings. The Kier molecular flexibility index (Phi) is 5.20. The first-order chi connectivity index (χ1) is 11.1. The summed E-state index contributed by atoms with van der Waals surface area (Å²) in [6.45, 7) is 4.01. The van der Waals surface area contributed by atoms with Crippen molar-refractivity contribution in [3.63, 3.8) is 0 Å². The first kappa shape index (κ1) is 16.3. The Bertz CT molecular complexity index is 587. The molecule has 124 valence electrons. The van der Waals surface area contributed by atoms with E-state index in [1.54, 1.807) is 16.7 Å². The van der Waals surface area contributed by atoms with Crippen molar-refractivity contribution in [1.82, 2.24) is 15.3 Å². The summed E-state index contributed by atoms with van der Waals surface area (Å²) >= 11 is 1.56. The van der Waals surface area contributed by atoms with Crippen LogP contribution in [0.25, 0.3) is 0 Å². The van der Waals surface area contributed by atoms with Crippen molar-refractivity contribution in [3.8, 4) is 0 Å². The third-order valence-electron chi connectivity index (χ3n) is 4.16. The van der Waals surface area contributed by atoms with E-state index >= 15 is 0 Å². The molecule has 3 rings (SSSR count). The molecule has 2 aliphatic heterocycles. The van der Waals surface area contributed by atoms with Crippen LogP contribution in [0.4, 0.5) is 5.69 Å². The smallest absolute Gasteiger partial charge is 0.237 e. The summed E-state index contributed by atoms with van der Waals surface area (Å²) in [5.74, 6) is 0.482. The maximum atomic E-state index is 12.2. The lowest BCUT2D eigenvalue weighted by atomic mass is 10.2. The van der Waals surface area contributed by atoms with Crippen LogP contribution in [0.5, 0.6) is 0 Å². The number of amides is 2. The first-order valence-electron chi connectivity index (χ1n) is 7.88. The van der Waals surface area contributed by atoms with Gasteiger partial charge < -0.3 is 9.80 Å². The van der Waals surface area contributed by atoms with E-state index < -0.39 is 0 Å². The van der Waals surface area contributed by atoms with Gasteiger partial charge in [-0.15, -0.1) is 11.8 Å². The topological polar surface area (TPSA) is 55.9 Å². The van der Waals surface area contributed by atoms with E-state index in [1.807, 2.05) is 29.3 Å². The molecule has 6 nitrogen and oxygen atoms in total. The molecule has 2 amide bonds. The van der Waals surface area contributed by atoms with Crippen LogP contribution in [-0.4, -0.2) is 67.2 Å². The molecule has 1 aromatic carbocycles. The first-order valence-corrected chi connectivity index (χ1v) is 8.87. The van der Waals surface area contributed by atoms with Crippen molar-refractivity contribution < 1.29 is 9.59 Å². The molecule has 2 aliphatic rings. The summed E-state index contributed by atoms with van der Waals surface area (Å²) in [4.78, 5) is 29.4. The number of nitrogens with zero attached hydrogens (tertiary/aromatic N) is 3. The standard InChI is InChI=1S/C16H22N4O2S/c1-18-8-10-19(11-9-18)17-15(21)6-7-20-13-4-2-3-5-14(13)23-12-16(20)22/h2-5H,6-12H2,1H3,(H,17,21). The number of hydrogen-bond acceptors (Lipinski definition) is 5. The molecule has 0 atom stereocenters. The summed E-state index contributed by atoms with van der Waals surface area (Å²) in [6, 6.07) is 7.86. The molecule has 1 aromatic rings. The number of benzene rings is 1. The van der Waals surface area contributed by atoms with Crippen LogP contribution < -0.4 is 10.3 Å². The fourth-order valence-corrected chi connectivity index (χ4v) is 3.70. The van der Waals surface area contributed by atoms with E-state index in [0.29, 0.717) is 18.7 Å². The van der Waals surface area contributed by atoms with Crippen LogP contribution in [0.1, 0.15) is 6.42 Å². The number of carbonyl (C=O) groups excluding carboxylic acids is 2. The van der Waals surface area contributed by atoms with Gasteiger partial charge >= 0.3 is 0 Å². The fourth-order valence-electron chi connectivity index (χ4n) is 2.76. The summed E-state index contributed by atoms with van der Waals surface area (Å²) in [5, 5.41) is 1.96. The second-order valence-electron chi connectivity index (χ2n) is 5.88. The van der Waals surface area contributed by atoms with E-state index in [9.17, 15) is 9.59 Å². The molecule has 23 heavy (non-hydrogen) atoms. The third-order valence-corrected chi connectivity index (χ3v) is 5.20. The summed E-state index contributed by atoms with van der Waals surface area (Å²) in [5.41, 5.74) is 3.86. The molecule has 7 heteroatoms. The van der Waals surface area contributed by atoms with E-state index in [4.69, 9.17) is 0 Å². The zero-order valence-electron chi connectivity index (χ0n) is 13.3. The fraction of sp³-hybridized carbons (Fsp3) is 0.500. The number of fused-ring (bicyclic) bond motifs is 1. The highest BCUT2D eigenvalue weighted by atomic mass is 32.2. The minimum absolute atomic E-state index is 0.0296. The molecule has 0 spiro atoms. The Morgan fingerprint density at radius 3 is 2.74 bits per heavy atom. The zero-order chi connectivity index (χ0) is 16.2. The second kappa shape index (κ2) is 7.33. The molecule has 2 heterocycles. The lowest BCUT2D eigenvalue weighted by molar-refractivity contribution is -0.126. The monoisotopic (exact) mass is 334 g/mol. The highest BCUT2D eigenvalue weighted by molar-refractivity contribution is 8.00. The van der Waals surface area contributed by atoms with Crippen molar-refractivity contribution in [1.29, 1.82) is 0 Å². The molecule has 0 saturated carbocycles. The second-order valence-corrected chi connectivity index (χ2v) is 6.89. The van der Waals surface area contributed by atoms with Crippen molar-refractivity contribution >= 4 is 29.3 Å². The van der Waals surface area contributed by atoms with Gasteiger partial charge in [-0.25, -0.2) is 5.01 Å². The Hall–Kier alpha value is -1.57. The molecule has 0 bridgehead atoms. The predicted octanol–water partition coefficient (Wildman–Crippen LogP) is 0.794. The number of nitrogens with one attached hydrogen (secondary N) is 1. The van der Waals surface area contributed by atoms with Crippen LogP contribution in [0, 0.1) is 0 Å². The number of hydrogen-bond donors (Lipinski definition) is 1. The SMILES string of the molecule is CN1CCN(NC(=O)CCN2C(=O)CSc3ccccc32)CC1. The molecule has 0 aromatic heterocycles. The molecular formula is C16H22N4O2S. The van der Waals surface area contributed by atoms with E-state index in [-0.39, 0.29) is 11.8 Å². The maximum Gasteiger partial charge on any atom is 0.237 e. The van der Waals surface area contributed by atoms with E-state index in [1.165, 1.54) is 0 Å². The van der Waals surface area contributed by atoms with Crippen LogP contribution in [0.3, 0.4) is 0 Å². The van der Waals surface area contributed by atoms with Crippen molar-refractivity contribution in [2.45, 2.75) is 11.3 Å². The van der Waals surface area contributed by atoms with Crippen molar-refractivity contribution in [2.24, 2.45) is 0 Å². The molecule has 0 aliphatic carbocycles. The molecule has 1 saturated heterocycles. The highest BCUT2D eigenvalue weighted by Gasteiger charge is 2.25.